The van der Waals surface area contributed by atoms with Crippen LogP contribution in [0.1, 0.15) is 12.8 Å². The first-order chi connectivity index (χ1) is 13.4. The molecule has 1 fully saturated rings. The van der Waals surface area contributed by atoms with E-state index in [9.17, 15) is 13.2 Å². The number of anilines is 2. The number of sulfonamides is 1. The zero-order valence-corrected chi connectivity index (χ0v) is 17.7. The number of hydrogen-bond acceptors (Lipinski definition) is 7. The van der Waals surface area contributed by atoms with Crippen LogP contribution < -0.4 is 10.0 Å². The minimum Gasteiger partial charge on any atom is -0.306 e. The lowest BCUT2D eigenvalue weighted by Crippen LogP contribution is -2.35. The van der Waals surface area contributed by atoms with Crippen molar-refractivity contribution in [2.75, 3.05) is 30.2 Å². The summed E-state index contributed by atoms with van der Waals surface area (Å²) in [6.45, 7) is 1.84. The average molecular weight is 437 g/mol. The number of thiazole rings is 1. The van der Waals surface area contributed by atoms with E-state index in [-0.39, 0.29) is 16.0 Å². The minimum absolute atomic E-state index is 0.00535. The van der Waals surface area contributed by atoms with E-state index < -0.39 is 10.0 Å². The summed E-state index contributed by atoms with van der Waals surface area (Å²) < 4.78 is 28.5. The predicted molar refractivity (Wildman–Crippen MR) is 114 cm³/mol. The molecule has 28 heavy (non-hydrogen) atoms. The van der Waals surface area contributed by atoms with Crippen molar-refractivity contribution >= 4 is 59.6 Å². The van der Waals surface area contributed by atoms with Gasteiger partial charge in [0, 0.05) is 5.92 Å². The van der Waals surface area contributed by atoms with Gasteiger partial charge in [-0.25, -0.2) is 13.4 Å². The number of aromatic nitrogens is 1. The topological polar surface area (TPSA) is 91.4 Å². The maximum absolute atomic E-state index is 12.5. The summed E-state index contributed by atoms with van der Waals surface area (Å²) in [5.74, 6) is 0.0159. The molecular weight excluding hydrogens is 416 g/mol. The quantitative estimate of drug-likeness (QED) is 0.639. The highest BCUT2D eigenvalue weighted by molar-refractivity contribution is 7.94. The van der Waals surface area contributed by atoms with Gasteiger partial charge in [0.15, 0.2) is 5.13 Å². The Bertz CT molecular complexity index is 1080. The van der Waals surface area contributed by atoms with E-state index in [2.05, 4.69) is 27.0 Å². The van der Waals surface area contributed by atoms with Crippen LogP contribution >= 0.6 is 22.7 Å². The third-order valence-corrected chi connectivity index (χ3v) is 8.45. The third kappa shape index (κ3) is 4.19. The second kappa shape index (κ2) is 7.78. The molecule has 4 rings (SSSR count). The number of nitrogens with one attached hydrogen (secondary N) is 2. The van der Waals surface area contributed by atoms with E-state index in [4.69, 9.17) is 0 Å². The van der Waals surface area contributed by atoms with Gasteiger partial charge < -0.3 is 10.2 Å². The number of carbonyl (C=O) groups excluding carboxylic acids is 1. The molecule has 0 atom stereocenters. The Hall–Kier alpha value is -2.01. The molecule has 148 valence electrons. The molecule has 7 nitrogen and oxygen atoms in total. The number of thiophene rings is 1. The molecule has 0 aliphatic carbocycles. The van der Waals surface area contributed by atoms with E-state index in [0.717, 1.165) is 42.0 Å². The van der Waals surface area contributed by atoms with Gasteiger partial charge in [-0.05, 0) is 62.6 Å². The second-order valence-corrected chi connectivity index (χ2v) is 10.7. The molecule has 3 heterocycles. The summed E-state index contributed by atoms with van der Waals surface area (Å²) in [6.07, 6.45) is 1.70. The smallest absolute Gasteiger partial charge is 0.271 e. The number of likely N-dealkylation sites (tertiary alicyclic amines) is 1. The van der Waals surface area contributed by atoms with Gasteiger partial charge in [-0.1, -0.05) is 17.4 Å². The van der Waals surface area contributed by atoms with Crippen molar-refractivity contribution in [3.63, 3.8) is 0 Å². The molecule has 1 saturated heterocycles. The Morgan fingerprint density at radius 1 is 1.25 bits per heavy atom. The van der Waals surface area contributed by atoms with Gasteiger partial charge in [0.1, 0.15) is 4.21 Å². The molecule has 1 aliphatic rings. The summed E-state index contributed by atoms with van der Waals surface area (Å²) in [5, 5.41) is 5.18. The molecule has 0 radical (unpaired) electrons. The molecule has 0 spiro atoms. The van der Waals surface area contributed by atoms with Crippen LogP contribution in [-0.4, -0.2) is 44.3 Å². The highest BCUT2D eigenvalue weighted by Crippen LogP contribution is 2.30. The van der Waals surface area contributed by atoms with Gasteiger partial charge >= 0.3 is 0 Å². The molecular formula is C18H20N4O3S3. The fourth-order valence-electron chi connectivity index (χ4n) is 3.14. The number of carbonyl (C=O) groups is 1. The first-order valence-electron chi connectivity index (χ1n) is 8.87. The number of piperidine rings is 1. The lowest BCUT2D eigenvalue weighted by Gasteiger charge is -2.27. The highest BCUT2D eigenvalue weighted by atomic mass is 32.2. The van der Waals surface area contributed by atoms with Gasteiger partial charge in [-0.2, -0.15) is 0 Å². The minimum atomic E-state index is -3.60. The lowest BCUT2D eigenvalue weighted by atomic mass is 9.96. The Labute approximate surface area is 171 Å². The monoisotopic (exact) mass is 436 g/mol. The van der Waals surface area contributed by atoms with Crippen LogP contribution in [0.15, 0.2) is 39.9 Å². The Balaban J connectivity index is 1.48. The van der Waals surface area contributed by atoms with Crippen molar-refractivity contribution in [1.29, 1.82) is 0 Å². The van der Waals surface area contributed by atoms with E-state index >= 15 is 0 Å². The van der Waals surface area contributed by atoms with Gasteiger partial charge in [0.05, 0.1) is 15.9 Å². The van der Waals surface area contributed by atoms with E-state index in [1.165, 1.54) is 11.3 Å². The summed E-state index contributed by atoms with van der Waals surface area (Å²) in [5.41, 5.74) is 1.09. The van der Waals surface area contributed by atoms with Crippen molar-refractivity contribution in [2.24, 2.45) is 5.92 Å². The molecule has 1 amide bonds. The molecule has 3 aromatic rings. The van der Waals surface area contributed by atoms with Crippen molar-refractivity contribution in [3.8, 4) is 0 Å². The predicted octanol–water partition coefficient (Wildman–Crippen LogP) is 3.44. The number of nitrogens with zero attached hydrogens (tertiary/aromatic N) is 2. The largest absolute Gasteiger partial charge is 0.306 e. The Morgan fingerprint density at radius 3 is 2.75 bits per heavy atom. The third-order valence-electron chi connectivity index (χ3n) is 4.72. The zero-order valence-electron chi connectivity index (χ0n) is 15.2. The van der Waals surface area contributed by atoms with Crippen LogP contribution in [-0.2, 0) is 14.8 Å². The summed E-state index contributed by atoms with van der Waals surface area (Å²) >= 11 is 2.55. The van der Waals surface area contributed by atoms with Crippen molar-refractivity contribution in [2.45, 2.75) is 17.1 Å². The zero-order chi connectivity index (χ0) is 19.7. The Kier molecular flexibility index (Phi) is 5.37. The molecule has 2 N–H and O–H groups in total. The highest BCUT2D eigenvalue weighted by Gasteiger charge is 2.24. The van der Waals surface area contributed by atoms with Crippen molar-refractivity contribution < 1.29 is 13.2 Å². The van der Waals surface area contributed by atoms with Crippen molar-refractivity contribution in [3.05, 3.63) is 35.7 Å². The Morgan fingerprint density at radius 2 is 2.04 bits per heavy atom. The van der Waals surface area contributed by atoms with Gasteiger partial charge in [-0.3, -0.25) is 9.52 Å². The molecule has 0 bridgehead atoms. The number of fused-ring (bicyclic) bond motifs is 1. The van der Waals surface area contributed by atoms with E-state index in [0.29, 0.717) is 16.3 Å². The van der Waals surface area contributed by atoms with E-state index in [1.807, 2.05) is 6.07 Å². The summed E-state index contributed by atoms with van der Waals surface area (Å²) in [4.78, 5) is 19.2. The summed E-state index contributed by atoms with van der Waals surface area (Å²) in [6, 6.07) is 8.45. The second-order valence-electron chi connectivity index (χ2n) is 6.81. The van der Waals surface area contributed by atoms with Gasteiger partial charge in [0.25, 0.3) is 10.0 Å². The van der Waals surface area contributed by atoms with Crippen LogP contribution in [0.2, 0.25) is 0 Å². The van der Waals surface area contributed by atoms with Gasteiger partial charge in [0.2, 0.25) is 5.91 Å². The number of amides is 1. The van der Waals surface area contributed by atoms with Crippen LogP contribution in [0.3, 0.4) is 0 Å². The van der Waals surface area contributed by atoms with Crippen molar-refractivity contribution in [1.82, 2.24) is 9.88 Å². The fourth-order valence-corrected chi connectivity index (χ4v) is 6.04. The molecule has 0 saturated carbocycles. The molecule has 1 aromatic carbocycles. The SMILES string of the molecule is CN1CCC(C(=O)Nc2nc3cc(NS(=O)(=O)c4cccs4)ccc3s2)CC1. The standard InChI is InChI=1S/C18H20N4O3S3/c1-22-8-6-12(7-9-22)17(23)20-18-19-14-11-13(4-5-15(14)27-18)21-28(24,25)16-3-2-10-26-16/h2-5,10-12,21H,6-9H2,1H3,(H,19,20,23). The maximum atomic E-state index is 12.5. The number of rotatable bonds is 5. The average Bonchev–Trinajstić information content (AvgIpc) is 3.31. The van der Waals surface area contributed by atoms with E-state index in [1.54, 1.807) is 29.6 Å². The van der Waals surface area contributed by atoms with Crippen LogP contribution in [0.5, 0.6) is 0 Å². The number of hydrogen-bond donors (Lipinski definition) is 2. The molecule has 0 unspecified atom stereocenters. The summed E-state index contributed by atoms with van der Waals surface area (Å²) in [7, 11) is -1.54. The maximum Gasteiger partial charge on any atom is 0.271 e. The first kappa shape index (κ1) is 19.3. The molecule has 1 aliphatic heterocycles. The van der Waals surface area contributed by atoms with Crippen LogP contribution in [0.4, 0.5) is 10.8 Å². The van der Waals surface area contributed by atoms with Crippen LogP contribution in [0.25, 0.3) is 10.2 Å². The molecule has 2 aromatic heterocycles. The normalized spacial score (nSPS) is 16.3. The van der Waals surface area contributed by atoms with Crippen LogP contribution in [0, 0.1) is 5.92 Å². The fraction of sp³-hybridized carbons (Fsp3) is 0.333. The lowest BCUT2D eigenvalue weighted by molar-refractivity contribution is -0.121. The van der Waals surface area contributed by atoms with Gasteiger partial charge in [-0.15, -0.1) is 11.3 Å². The first-order valence-corrected chi connectivity index (χ1v) is 12.0. The number of benzene rings is 1. The molecule has 10 heteroatoms.